The van der Waals surface area contributed by atoms with E-state index in [9.17, 15) is 4.79 Å². The highest BCUT2D eigenvalue weighted by Gasteiger charge is 2.18. The van der Waals surface area contributed by atoms with Gasteiger partial charge in [-0.3, -0.25) is 4.79 Å². The van der Waals surface area contributed by atoms with Gasteiger partial charge in [-0.15, -0.1) is 15.0 Å². The van der Waals surface area contributed by atoms with Crippen LogP contribution in [0.1, 0.15) is 82.5 Å². The third kappa shape index (κ3) is 8.80. The van der Waals surface area contributed by atoms with E-state index in [1.165, 1.54) is 88.7 Å². The Bertz CT molecular complexity index is 1080. The fourth-order valence-electron chi connectivity index (χ4n) is 4.23. The summed E-state index contributed by atoms with van der Waals surface area (Å²) in [6, 6.07) is 8.07. The quantitative estimate of drug-likeness (QED) is 0.249. The number of nitrogens with one attached hydrogen (secondary N) is 1. The Kier molecular flexibility index (Phi) is 11.8. The van der Waals surface area contributed by atoms with Gasteiger partial charge in [-0.05, 0) is 29.7 Å². The van der Waals surface area contributed by atoms with Crippen molar-refractivity contribution in [2.24, 2.45) is 0 Å². The predicted molar refractivity (Wildman–Crippen MR) is 142 cm³/mol. The summed E-state index contributed by atoms with van der Waals surface area (Å²) in [5.74, 6) is 0.362. The minimum Gasteiger partial charge on any atom is -0.479 e. The molecule has 2 aromatic heterocycles. The van der Waals surface area contributed by atoms with Crippen LogP contribution in [0.25, 0.3) is 5.69 Å². The maximum atomic E-state index is 12.7. The van der Waals surface area contributed by atoms with Gasteiger partial charge in [0.05, 0.1) is 26.3 Å². The highest BCUT2D eigenvalue weighted by molar-refractivity contribution is 5.94. The van der Waals surface area contributed by atoms with Gasteiger partial charge in [0.1, 0.15) is 6.33 Å². The molecule has 10 heteroatoms. The van der Waals surface area contributed by atoms with E-state index >= 15 is 0 Å². The summed E-state index contributed by atoms with van der Waals surface area (Å²) in [4.78, 5) is 22.2. The molecule has 0 atom stereocenters. The number of ether oxygens (including phenoxy) is 2. The summed E-state index contributed by atoms with van der Waals surface area (Å²) >= 11 is 0. The Hall–Kier alpha value is -3.56. The molecule has 0 spiro atoms. The number of tetrazole rings is 1. The summed E-state index contributed by atoms with van der Waals surface area (Å²) in [7, 11) is 2.91. The number of carbonyl (C=O) groups is 1. The number of nitrogens with zero attached hydrogens (tertiary/aromatic N) is 6. The fourth-order valence-corrected chi connectivity index (χ4v) is 4.23. The second-order valence-corrected chi connectivity index (χ2v) is 9.05. The van der Waals surface area contributed by atoms with Crippen molar-refractivity contribution >= 4 is 11.6 Å². The van der Waals surface area contributed by atoms with Crippen LogP contribution in [0, 0.1) is 0 Å². The zero-order valence-corrected chi connectivity index (χ0v) is 22.3. The van der Waals surface area contributed by atoms with Crippen LogP contribution in [0.2, 0.25) is 0 Å². The lowest BCUT2D eigenvalue weighted by molar-refractivity contribution is -0.115. The van der Waals surface area contributed by atoms with Gasteiger partial charge in [0.25, 0.3) is 0 Å². The van der Waals surface area contributed by atoms with E-state index in [-0.39, 0.29) is 29.8 Å². The van der Waals surface area contributed by atoms with Gasteiger partial charge in [-0.2, -0.15) is 9.97 Å². The lowest BCUT2D eigenvalue weighted by Gasteiger charge is -2.11. The maximum absolute atomic E-state index is 12.7. The number of unbranched alkanes of at least 4 members (excludes halogenated alkanes) is 9. The molecule has 0 aliphatic carbocycles. The molecule has 0 radical (unpaired) electrons. The van der Waals surface area contributed by atoms with Gasteiger partial charge in [-0.25, -0.2) is 0 Å². The predicted octanol–water partition coefficient (Wildman–Crippen LogP) is 5.11. The highest BCUT2D eigenvalue weighted by atomic mass is 16.5. The van der Waals surface area contributed by atoms with Crippen LogP contribution in [0.3, 0.4) is 0 Å². The zero-order valence-electron chi connectivity index (χ0n) is 22.3. The van der Waals surface area contributed by atoms with E-state index in [1.54, 1.807) is 0 Å². The molecule has 1 N–H and O–H groups in total. The van der Waals surface area contributed by atoms with E-state index in [0.717, 1.165) is 18.5 Å². The molecule has 37 heavy (non-hydrogen) atoms. The molecule has 3 rings (SSSR count). The molecule has 2 heterocycles. The SMILES string of the molecule is CCCCCCCCCCCCc1ccccc1-n1nnc(CC(=O)Nc2c(OC)ncnc2OC)n1. The number of methoxy groups -OCH3 is 2. The van der Waals surface area contributed by atoms with Crippen molar-refractivity contribution in [2.75, 3.05) is 19.5 Å². The number of hydrogen-bond acceptors (Lipinski definition) is 8. The van der Waals surface area contributed by atoms with Crippen molar-refractivity contribution in [2.45, 2.75) is 84.0 Å². The molecular formula is C27H39N7O3. The number of rotatable bonds is 17. The molecule has 0 saturated heterocycles. The van der Waals surface area contributed by atoms with Gasteiger partial charge in [0.15, 0.2) is 11.5 Å². The lowest BCUT2D eigenvalue weighted by atomic mass is 10.0. The molecule has 0 aliphatic heterocycles. The molecule has 200 valence electrons. The van der Waals surface area contributed by atoms with Gasteiger partial charge >= 0.3 is 0 Å². The van der Waals surface area contributed by atoms with E-state index in [4.69, 9.17) is 9.47 Å². The van der Waals surface area contributed by atoms with Gasteiger partial charge in [0.2, 0.25) is 17.7 Å². The van der Waals surface area contributed by atoms with Crippen molar-refractivity contribution in [3.63, 3.8) is 0 Å². The first-order valence-corrected chi connectivity index (χ1v) is 13.3. The first kappa shape index (κ1) is 28.0. The van der Waals surface area contributed by atoms with Crippen LogP contribution in [-0.2, 0) is 17.6 Å². The van der Waals surface area contributed by atoms with Gasteiger partial charge < -0.3 is 14.8 Å². The van der Waals surface area contributed by atoms with Crippen molar-refractivity contribution < 1.29 is 14.3 Å². The monoisotopic (exact) mass is 509 g/mol. The minimum absolute atomic E-state index is 0.0676. The standard InChI is InChI=1S/C27H39N7O3/c1-4-5-6-7-8-9-10-11-12-13-16-21-17-14-15-18-22(21)34-32-23(31-33-34)19-24(35)30-25-26(36-2)28-20-29-27(25)37-3/h14-15,17-18,20H,4-13,16,19H2,1-3H3,(H,30,35). The Labute approximate surface area is 219 Å². The van der Waals surface area contributed by atoms with Crippen molar-refractivity contribution in [1.82, 2.24) is 30.2 Å². The summed E-state index contributed by atoms with van der Waals surface area (Å²) in [5.41, 5.74) is 2.32. The van der Waals surface area contributed by atoms with Crippen LogP contribution in [0.15, 0.2) is 30.6 Å². The summed E-state index contributed by atoms with van der Waals surface area (Å²) < 4.78 is 10.4. The van der Waals surface area contributed by atoms with Crippen molar-refractivity contribution in [3.8, 4) is 17.4 Å². The topological polar surface area (TPSA) is 117 Å². The average Bonchev–Trinajstić information content (AvgIpc) is 3.38. The Balaban J connectivity index is 1.50. The van der Waals surface area contributed by atoms with Crippen LogP contribution in [0.5, 0.6) is 11.8 Å². The highest BCUT2D eigenvalue weighted by Crippen LogP contribution is 2.29. The molecule has 0 bridgehead atoms. The summed E-state index contributed by atoms with van der Waals surface area (Å²) in [6.45, 7) is 2.26. The largest absolute Gasteiger partial charge is 0.479 e. The van der Waals surface area contributed by atoms with Crippen LogP contribution < -0.4 is 14.8 Å². The van der Waals surface area contributed by atoms with Crippen molar-refractivity contribution in [3.05, 3.63) is 42.0 Å². The number of amides is 1. The summed E-state index contributed by atoms with van der Waals surface area (Å²) in [6.07, 6.45) is 15.2. The molecule has 1 aromatic carbocycles. The smallest absolute Gasteiger partial charge is 0.244 e. The third-order valence-corrected chi connectivity index (χ3v) is 6.21. The second-order valence-electron chi connectivity index (χ2n) is 9.05. The summed E-state index contributed by atoms with van der Waals surface area (Å²) in [5, 5.41) is 15.4. The molecule has 10 nitrogen and oxygen atoms in total. The second kappa shape index (κ2) is 15.5. The molecule has 3 aromatic rings. The number of para-hydroxylation sites is 1. The van der Waals surface area contributed by atoms with Gasteiger partial charge in [0, 0.05) is 0 Å². The molecule has 1 amide bonds. The minimum atomic E-state index is -0.357. The number of carbonyl (C=O) groups excluding carboxylic acids is 1. The molecule has 0 saturated carbocycles. The molecule has 0 unspecified atom stereocenters. The van der Waals surface area contributed by atoms with E-state index in [1.807, 2.05) is 18.2 Å². The van der Waals surface area contributed by atoms with E-state index < -0.39 is 0 Å². The number of hydrogen-bond donors (Lipinski definition) is 1. The Morgan fingerprint density at radius 2 is 1.51 bits per heavy atom. The van der Waals surface area contributed by atoms with E-state index in [2.05, 4.69) is 43.7 Å². The van der Waals surface area contributed by atoms with Crippen LogP contribution >= 0.6 is 0 Å². The van der Waals surface area contributed by atoms with Crippen LogP contribution in [0.4, 0.5) is 5.69 Å². The van der Waals surface area contributed by atoms with E-state index in [0.29, 0.717) is 5.82 Å². The third-order valence-electron chi connectivity index (χ3n) is 6.21. The van der Waals surface area contributed by atoms with Gasteiger partial charge in [-0.1, -0.05) is 82.9 Å². The first-order valence-electron chi connectivity index (χ1n) is 13.3. The fraction of sp³-hybridized carbons (Fsp3) is 0.556. The maximum Gasteiger partial charge on any atom is 0.244 e. The molecular weight excluding hydrogens is 470 g/mol. The Morgan fingerprint density at radius 1 is 0.892 bits per heavy atom. The first-order chi connectivity index (χ1) is 18.2. The average molecular weight is 510 g/mol. The normalized spacial score (nSPS) is 10.9. The lowest BCUT2D eigenvalue weighted by Crippen LogP contribution is -2.17. The van der Waals surface area contributed by atoms with Crippen molar-refractivity contribution in [1.29, 1.82) is 0 Å². The number of benzene rings is 1. The van der Waals surface area contributed by atoms with Crippen LogP contribution in [-0.4, -0.2) is 50.3 Å². The molecule has 0 aliphatic rings. The number of aromatic nitrogens is 6. The number of aryl methyl sites for hydroxylation is 1. The molecule has 0 fully saturated rings. The number of anilines is 1. The zero-order chi connectivity index (χ0) is 26.3. The Morgan fingerprint density at radius 3 is 2.16 bits per heavy atom.